The van der Waals surface area contributed by atoms with Crippen molar-refractivity contribution in [2.24, 2.45) is 0 Å². The number of carbonyl (C=O) groups is 1. The summed E-state index contributed by atoms with van der Waals surface area (Å²) in [6, 6.07) is 17.7. The van der Waals surface area contributed by atoms with Gasteiger partial charge < -0.3 is 20.0 Å². The molecule has 0 radical (unpaired) electrons. The molecule has 0 unspecified atom stereocenters. The molecule has 168 valence electrons. The van der Waals surface area contributed by atoms with E-state index in [1.807, 2.05) is 19.1 Å². The van der Waals surface area contributed by atoms with Crippen molar-refractivity contribution in [3.05, 3.63) is 82.3 Å². The highest BCUT2D eigenvalue weighted by Crippen LogP contribution is 2.20. The lowest BCUT2D eigenvalue weighted by atomic mass is 10.1. The van der Waals surface area contributed by atoms with Gasteiger partial charge in [-0.1, -0.05) is 18.2 Å². The van der Waals surface area contributed by atoms with Gasteiger partial charge in [-0.2, -0.15) is 4.98 Å². The van der Waals surface area contributed by atoms with Crippen LogP contribution in [0, 0.1) is 6.92 Å². The van der Waals surface area contributed by atoms with E-state index in [4.69, 9.17) is 4.42 Å². The van der Waals surface area contributed by atoms with Crippen LogP contribution in [0.5, 0.6) is 0 Å². The van der Waals surface area contributed by atoms with Crippen molar-refractivity contribution in [3.63, 3.8) is 0 Å². The molecule has 1 amide bonds. The average Bonchev–Trinajstić information content (AvgIpc) is 2.80. The summed E-state index contributed by atoms with van der Waals surface area (Å²) in [4.78, 5) is 36.1. The zero-order chi connectivity index (χ0) is 23.4. The molecule has 0 spiro atoms. The SMILES string of the molecule is CCN(CC)c1cc(C)nc(Nc2ccc(NC(=O)c3cc4ccccc4oc3=O)cc2)n1. The van der Waals surface area contributed by atoms with Crippen LogP contribution in [0.4, 0.5) is 23.1 Å². The van der Waals surface area contributed by atoms with Gasteiger partial charge in [-0.3, -0.25) is 4.79 Å². The average molecular weight is 444 g/mol. The van der Waals surface area contributed by atoms with Gasteiger partial charge in [-0.15, -0.1) is 0 Å². The molecule has 4 rings (SSSR count). The molecule has 4 aromatic rings. The van der Waals surface area contributed by atoms with Crippen LogP contribution in [0.25, 0.3) is 11.0 Å². The molecule has 8 nitrogen and oxygen atoms in total. The molecule has 0 saturated heterocycles. The minimum Gasteiger partial charge on any atom is -0.422 e. The van der Waals surface area contributed by atoms with E-state index >= 15 is 0 Å². The zero-order valence-electron chi connectivity index (χ0n) is 18.8. The summed E-state index contributed by atoms with van der Waals surface area (Å²) in [5.41, 5.74) is 1.91. The number of aryl methyl sites for hydroxylation is 1. The summed E-state index contributed by atoms with van der Waals surface area (Å²) >= 11 is 0. The highest BCUT2D eigenvalue weighted by molar-refractivity contribution is 6.05. The monoisotopic (exact) mass is 443 g/mol. The lowest BCUT2D eigenvalue weighted by Gasteiger charge is -2.20. The van der Waals surface area contributed by atoms with Crippen molar-refractivity contribution < 1.29 is 9.21 Å². The number of carbonyl (C=O) groups excluding carboxylic acids is 1. The number of nitrogens with zero attached hydrogens (tertiary/aromatic N) is 3. The maximum atomic E-state index is 12.6. The third-order valence-electron chi connectivity index (χ3n) is 5.21. The third-order valence-corrected chi connectivity index (χ3v) is 5.21. The number of anilines is 4. The Morgan fingerprint density at radius 2 is 1.67 bits per heavy atom. The maximum absolute atomic E-state index is 12.6. The number of benzene rings is 2. The van der Waals surface area contributed by atoms with Crippen LogP contribution >= 0.6 is 0 Å². The van der Waals surface area contributed by atoms with Gasteiger partial charge in [0, 0.05) is 41.6 Å². The Bertz CT molecular complexity index is 1340. The van der Waals surface area contributed by atoms with Crippen LogP contribution in [0.1, 0.15) is 29.9 Å². The first-order valence-corrected chi connectivity index (χ1v) is 10.8. The second-order valence-corrected chi connectivity index (χ2v) is 7.51. The molecule has 0 aliphatic heterocycles. The second-order valence-electron chi connectivity index (χ2n) is 7.51. The van der Waals surface area contributed by atoms with Crippen LogP contribution in [-0.2, 0) is 0 Å². The molecule has 2 aromatic heterocycles. The molecular formula is C25H25N5O3. The largest absolute Gasteiger partial charge is 0.422 e. The van der Waals surface area contributed by atoms with Gasteiger partial charge >= 0.3 is 5.63 Å². The summed E-state index contributed by atoms with van der Waals surface area (Å²) in [6.45, 7) is 7.82. The van der Waals surface area contributed by atoms with Crippen molar-refractivity contribution >= 4 is 40.0 Å². The molecule has 0 bridgehead atoms. The number of fused-ring (bicyclic) bond motifs is 1. The Balaban J connectivity index is 1.49. The molecule has 2 N–H and O–H groups in total. The Kier molecular flexibility index (Phi) is 6.35. The van der Waals surface area contributed by atoms with E-state index < -0.39 is 11.5 Å². The lowest BCUT2D eigenvalue weighted by Crippen LogP contribution is -2.23. The van der Waals surface area contributed by atoms with Gasteiger partial charge in [0.2, 0.25) is 5.95 Å². The fourth-order valence-electron chi connectivity index (χ4n) is 3.50. The number of nitrogens with one attached hydrogen (secondary N) is 2. The van der Waals surface area contributed by atoms with E-state index in [1.165, 1.54) is 6.07 Å². The van der Waals surface area contributed by atoms with Crippen molar-refractivity contribution in [3.8, 4) is 0 Å². The number of hydrogen-bond acceptors (Lipinski definition) is 7. The third kappa shape index (κ3) is 5.01. The zero-order valence-corrected chi connectivity index (χ0v) is 18.8. The van der Waals surface area contributed by atoms with E-state index in [2.05, 4.69) is 39.3 Å². The first kappa shape index (κ1) is 22.0. The van der Waals surface area contributed by atoms with Gasteiger partial charge in [-0.05, 0) is 57.2 Å². The first-order valence-electron chi connectivity index (χ1n) is 10.8. The summed E-state index contributed by atoms with van der Waals surface area (Å²) in [7, 11) is 0. The van der Waals surface area contributed by atoms with Gasteiger partial charge in [0.1, 0.15) is 17.0 Å². The number of hydrogen-bond donors (Lipinski definition) is 2. The van der Waals surface area contributed by atoms with E-state index in [1.54, 1.807) is 42.5 Å². The molecule has 0 aliphatic rings. The number of para-hydroxylation sites is 1. The van der Waals surface area contributed by atoms with Crippen molar-refractivity contribution in [1.29, 1.82) is 0 Å². The van der Waals surface area contributed by atoms with Crippen LogP contribution in [0.15, 0.2) is 69.9 Å². The van der Waals surface area contributed by atoms with Crippen LogP contribution in [-0.4, -0.2) is 29.0 Å². The summed E-state index contributed by atoms with van der Waals surface area (Å²) in [5, 5.41) is 6.63. The van der Waals surface area contributed by atoms with Crippen LogP contribution < -0.4 is 21.2 Å². The Morgan fingerprint density at radius 1 is 0.970 bits per heavy atom. The summed E-state index contributed by atoms with van der Waals surface area (Å²) < 4.78 is 5.25. The van der Waals surface area contributed by atoms with E-state index in [0.29, 0.717) is 22.6 Å². The minimum atomic E-state index is -0.676. The topological polar surface area (TPSA) is 100 Å². The van der Waals surface area contributed by atoms with E-state index in [0.717, 1.165) is 30.3 Å². The van der Waals surface area contributed by atoms with Crippen molar-refractivity contribution in [1.82, 2.24) is 9.97 Å². The molecule has 0 aliphatic carbocycles. The highest BCUT2D eigenvalue weighted by atomic mass is 16.4. The van der Waals surface area contributed by atoms with Gasteiger partial charge in [0.05, 0.1) is 0 Å². The fraction of sp³-hybridized carbons (Fsp3) is 0.200. The predicted molar refractivity (Wildman–Crippen MR) is 130 cm³/mol. The molecule has 8 heteroatoms. The van der Waals surface area contributed by atoms with Gasteiger partial charge in [0.15, 0.2) is 0 Å². The molecule has 33 heavy (non-hydrogen) atoms. The fourth-order valence-corrected chi connectivity index (χ4v) is 3.50. The molecule has 2 heterocycles. The minimum absolute atomic E-state index is 0.0482. The maximum Gasteiger partial charge on any atom is 0.349 e. The molecule has 0 saturated carbocycles. The van der Waals surface area contributed by atoms with Crippen molar-refractivity contribution in [2.45, 2.75) is 20.8 Å². The molecule has 2 aromatic carbocycles. The quantitative estimate of drug-likeness (QED) is 0.398. The normalized spacial score (nSPS) is 10.8. The Morgan fingerprint density at radius 3 is 2.39 bits per heavy atom. The van der Waals surface area contributed by atoms with E-state index in [9.17, 15) is 9.59 Å². The lowest BCUT2D eigenvalue weighted by molar-refractivity contribution is 0.102. The van der Waals surface area contributed by atoms with Crippen LogP contribution in [0.2, 0.25) is 0 Å². The Labute approximate surface area is 191 Å². The van der Waals surface area contributed by atoms with Gasteiger partial charge in [-0.25, -0.2) is 9.78 Å². The van der Waals surface area contributed by atoms with E-state index in [-0.39, 0.29) is 5.56 Å². The van der Waals surface area contributed by atoms with Crippen molar-refractivity contribution in [2.75, 3.05) is 28.6 Å². The molecule has 0 atom stereocenters. The highest BCUT2D eigenvalue weighted by Gasteiger charge is 2.14. The van der Waals surface area contributed by atoms with Crippen LogP contribution in [0.3, 0.4) is 0 Å². The molecular weight excluding hydrogens is 418 g/mol. The smallest absolute Gasteiger partial charge is 0.349 e. The number of aromatic nitrogens is 2. The van der Waals surface area contributed by atoms with Gasteiger partial charge in [0.25, 0.3) is 5.91 Å². The first-order chi connectivity index (χ1) is 16.0. The summed E-state index contributed by atoms with van der Waals surface area (Å²) in [5.74, 6) is 0.844. The number of rotatable bonds is 7. The molecule has 0 fully saturated rings. The standard InChI is InChI=1S/C25H25N5O3/c1-4-30(5-2)22-14-16(3)26-25(29-22)28-19-12-10-18(11-13-19)27-23(31)20-15-17-8-6-7-9-21(17)33-24(20)32/h6-15H,4-5H2,1-3H3,(H,27,31)(H,26,28,29). The Hall–Kier alpha value is -4.20. The predicted octanol–water partition coefficient (Wildman–Crippen LogP) is 4.73. The number of amides is 1. The summed E-state index contributed by atoms with van der Waals surface area (Å²) in [6.07, 6.45) is 0. The second kappa shape index (κ2) is 9.52.